The number of esters is 2. The first-order valence-corrected chi connectivity index (χ1v) is 6.39. The number of pyridine rings is 1. The zero-order valence-electron chi connectivity index (χ0n) is 11.8. The Kier molecular flexibility index (Phi) is 4.66. The Hall–Kier alpha value is -2.69. The van der Waals surface area contributed by atoms with Gasteiger partial charge in [0.15, 0.2) is 0 Å². The van der Waals surface area contributed by atoms with Crippen LogP contribution in [-0.2, 0) is 16.0 Å². The van der Waals surface area contributed by atoms with Gasteiger partial charge in [-0.05, 0) is 36.8 Å². The molecule has 2 aromatic rings. The maximum absolute atomic E-state index is 11.9. The van der Waals surface area contributed by atoms with Gasteiger partial charge in [-0.15, -0.1) is 0 Å². The van der Waals surface area contributed by atoms with Crippen LogP contribution in [0, 0.1) is 6.92 Å². The molecule has 0 saturated heterocycles. The van der Waals surface area contributed by atoms with Crippen LogP contribution < -0.4 is 4.74 Å². The molecule has 5 heteroatoms. The van der Waals surface area contributed by atoms with Crippen LogP contribution in [0.3, 0.4) is 0 Å². The number of aryl methyl sites for hydroxylation is 1. The first-order valence-electron chi connectivity index (χ1n) is 6.39. The minimum atomic E-state index is -0.469. The predicted octanol–water partition coefficient (Wildman–Crippen LogP) is 2.32. The highest BCUT2D eigenvalue weighted by Gasteiger charge is 2.09. The number of methoxy groups -OCH3 is 1. The summed E-state index contributed by atoms with van der Waals surface area (Å²) in [7, 11) is 1.34. The summed E-state index contributed by atoms with van der Waals surface area (Å²) in [6, 6.07) is 10.1. The van der Waals surface area contributed by atoms with Gasteiger partial charge in [0, 0.05) is 11.9 Å². The molecule has 0 bridgehead atoms. The molecule has 0 amide bonds. The third-order valence-electron chi connectivity index (χ3n) is 2.86. The monoisotopic (exact) mass is 285 g/mol. The lowest BCUT2D eigenvalue weighted by molar-refractivity contribution is -0.139. The topological polar surface area (TPSA) is 65.5 Å². The van der Waals surface area contributed by atoms with Crippen LogP contribution in [0.1, 0.15) is 21.6 Å². The number of hydrogen-bond donors (Lipinski definition) is 0. The summed E-state index contributed by atoms with van der Waals surface area (Å²) in [6.07, 6.45) is 1.66. The molecule has 108 valence electrons. The molecule has 0 fully saturated rings. The lowest BCUT2D eigenvalue weighted by Gasteiger charge is -2.05. The number of carbonyl (C=O) groups excluding carboxylic acids is 2. The molecule has 1 aromatic heterocycles. The minimum absolute atomic E-state index is 0.187. The molecule has 0 unspecified atom stereocenters. The molecule has 0 aliphatic rings. The number of rotatable bonds is 4. The highest BCUT2D eigenvalue weighted by atomic mass is 16.5. The summed E-state index contributed by atoms with van der Waals surface area (Å²) in [5.74, 6) is -0.372. The van der Waals surface area contributed by atoms with E-state index in [1.165, 1.54) is 13.3 Å². The van der Waals surface area contributed by atoms with Gasteiger partial charge in [-0.25, -0.2) is 4.79 Å². The van der Waals surface area contributed by atoms with E-state index in [0.717, 1.165) is 11.3 Å². The third-order valence-corrected chi connectivity index (χ3v) is 2.86. The minimum Gasteiger partial charge on any atom is -0.469 e. The van der Waals surface area contributed by atoms with Crippen molar-refractivity contribution in [2.75, 3.05) is 7.11 Å². The summed E-state index contributed by atoms with van der Waals surface area (Å²) in [5.41, 5.74) is 2.01. The van der Waals surface area contributed by atoms with E-state index in [9.17, 15) is 9.59 Å². The Morgan fingerprint density at radius 1 is 1.10 bits per heavy atom. The third kappa shape index (κ3) is 4.14. The number of carbonyl (C=O) groups is 2. The van der Waals surface area contributed by atoms with E-state index < -0.39 is 5.97 Å². The van der Waals surface area contributed by atoms with Gasteiger partial charge in [-0.2, -0.15) is 0 Å². The van der Waals surface area contributed by atoms with Crippen molar-refractivity contribution in [3.8, 4) is 5.75 Å². The maximum atomic E-state index is 11.9. The molecule has 0 atom stereocenters. The predicted molar refractivity (Wildman–Crippen MR) is 76.1 cm³/mol. The Labute approximate surface area is 122 Å². The Morgan fingerprint density at radius 2 is 1.81 bits per heavy atom. The molecule has 5 nitrogen and oxygen atoms in total. The van der Waals surface area contributed by atoms with Gasteiger partial charge in [0.1, 0.15) is 5.75 Å². The molecule has 0 radical (unpaired) electrons. The average molecular weight is 285 g/mol. The van der Waals surface area contributed by atoms with Crippen molar-refractivity contribution in [3.63, 3.8) is 0 Å². The Balaban J connectivity index is 2.01. The van der Waals surface area contributed by atoms with Gasteiger partial charge in [0.25, 0.3) is 0 Å². The Morgan fingerprint density at radius 3 is 2.38 bits per heavy atom. The van der Waals surface area contributed by atoms with Crippen molar-refractivity contribution in [2.24, 2.45) is 0 Å². The van der Waals surface area contributed by atoms with Crippen molar-refractivity contribution in [2.45, 2.75) is 13.3 Å². The quantitative estimate of drug-likeness (QED) is 0.637. The number of hydrogen-bond acceptors (Lipinski definition) is 5. The first-order chi connectivity index (χ1) is 10.1. The van der Waals surface area contributed by atoms with Crippen LogP contribution in [0.4, 0.5) is 0 Å². The summed E-state index contributed by atoms with van der Waals surface area (Å²) < 4.78 is 9.82. The number of aromatic nitrogens is 1. The molecule has 1 aromatic carbocycles. The van der Waals surface area contributed by atoms with E-state index in [1.54, 1.807) is 36.4 Å². The molecule has 0 aliphatic carbocycles. The Bertz CT molecular complexity index is 632. The summed E-state index contributed by atoms with van der Waals surface area (Å²) >= 11 is 0. The maximum Gasteiger partial charge on any atom is 0.345 e. The van der Waals surface area contributed by atoms with Crippen molar-refractivity contribution in [1.82, 2.24) is 4.98 Å². The molecular weight excluding hydrogens is 270 g/mol. The normalized spacial score (nSPS) is 10.0. The average Bonchev–Trinajstić information content (AvgIpc) is 2.49. The highest BCUT2D eigenvalue weighted by Crippen LogP contribution is 2.15. The van der Waals surface area contributed by atoms with E-state index in [1.807, 2.05) is 6.92 Å². The van der Waals surface area contributed by atoms with Crippen molar-refractivity contribution in [3.05, 3.63) is 59.4 Å². The molecule has 0 spiro atoms. The van der Waals surface area contributed by atoms with E-state index >= 15 is 0 Å². The molecular formula is C16H15NO4. The zero-order valence-corrected chi connectivity index (χ0v) is 11.8. The van der Waals surface area contributed by atoms with Crippen LogP contribution in [0.5, 0.6) is 5.75 Å². The van der Waals surface area contributed by atoms with Crippen LogP contribution >= 0.6 is 0 Å². The van der Waals surface area contributed by atoms with Gasteiger partial charge in [0.2, 0.25) is 0 Å². The smallest absolute Gasteiger partial charge is 0.345 e. The van der Waals surface area contributed by atoms with Crippen LogP contribution in [0.25, 0.3) is 0 Å². The molecule has 0 aliphatic heterocycles. The van der Waals surface area contributed by atoms with E-state index in [2.05, 4.69) is 9.72 Å². The van der Waals surface area contributed by atoms with Crippen molar-refractivity contribution < 1.29 is 19.1 Å². The molecule has 1 heterocycles. The van der Waals surface area contributed by atoms with Gasteiger partial charge in [-0.1, -0.05) is 12.1 Å². The number of ether oxygens (including phenoxy) is 2. The van der Waals surface area contributed by atoms with E-state index in [0.29, 0.717) is 11.3 Å². The molecule has 2 rings (SSSR count). The molecule has 21 heavy (non-hydrogen) atoms. The largest absolute Gasteiger partial charge is 0.469 e. The van der Waals surface area contributed by atoms with E-state index in [4.69, 9.17) is 4.74 Å². The first kappa shape index (κ1) is 14.7. The van der Waals surface area contributed by atoms with Gasteiger partial charge in [0.05, 0.1) is 19.1 Å². The summed E-state index contributed by atoms with van der Waals surface area (Å²) in [6.45, 7) is 1.84. The zero-order chi connectivity index (χ0) is 15.2. The lowest BCUT2D eigenvalue weighted by atomic mass is 10.1. The lowest BCUT2D eigenvalue weighted by Crippen LogP contribution is -2.09. The second-order valence-electron chi connectivity index (χ2n) is 4.47. The summed E-state index contributed by atoms with van der Waals surface area (Å²) in [5, 5.41) is 0. The SMILES string of the molecule is COC(=O)Cc1ccc(OC(=O)c2ccc(C)nc2)cc1. The fraction of sp³-hybridized carbons (Fsp3) is 0.188. The van der Waals surface area contributed by atoms with Crippen LogP contribution in [0.15, 0.2) is 42.6 Å². The van der Waals surface area contributed by atoms with Gasteiger partial charge in [-0.3, -0.25) is 9.78 Å². The standard InChI is InChI=1S/C16H15NO4/c1-11-3-6-13(10-17-11)16(19)21-14-7-4-12(5-8-14)9-15(18)20-2/h3-8,10H,9H2,1-2H3. The summed E-state index contributed by atoms with van der Waals surface area (Å²) in [4.78, 5) is 27.1. The fourth-order valence-corrected chi connectivity index (χ4v) is 1.67. The van der Waals surface area contributed by atoms with Crippen LogP contribution in [0.2, 0.25) is 0 Å². The fourth-order valence-electron chi connectivity index (χ4n) is 1.67. The highest BCUT2D eigenvalue weighted by molar-refractivity contribution is 5.90. The second kappa shape index (κ2) is 6.65. The van der Waals surface area contributed by atoms with Crippen molar-refractivity contribution in [1.29, 1.82) is 0 Å². The van der Waals surface area contributed by atoms with Crippen molar-refractivity contribution >= 4 is 11.9 Å². The number of nitrogens with zero attached hydrogens (tertiary/aromatic N) is 1. The van der Waals surface area contributed by atoms with Gasteiger partial charge >= 0.3 is 11.9 Å². The molecule has 0 saturated carbocycles. The number of benzene rings is 1. The second-order valence-corrected chi connectivity index (χ2v) is 4.47. The van der Waals surface area contributed by atoms with E-state index in [-0.39, 0.29) is 12.4 Å². The van der Waals surface area contributed by atoms with Crippen LogP contribution in [-0.4, -0.2) is 24.0 Å². The molecule has 0 N–H and O–H groups in total. The van der Waals surface area contributed by atoms with Gasteiger partial charge < -0.3 is 9.47 Å².